The molecule has 2 nitrogen and oxygen atoms in total. The van der Waals surface area contributed by atoms with Crippen LogP contribution in [0.4, 0.5) is 0 Å². The van der Waals surface area contributed by atoms with E-state index in [0.29, 0.717) is 0 Å². The molecule has 0 amide bonds. The molecule has 1 heterocycles. The Labute approximate surface area is 115 Å². The van der Waals surface area contributed by atoms with Gasteiger partial charge in [-0.2, -0.15) is 0 Å². The summed E-state index contributed by atoms with van der Waals surface area (Å²) in [6, 6.07) is 4.57. The van der Waals surface area contributed by atoms with Crippen molar-refractivity contribution in [1.82, 2.24) is 10.3 Å². The highest BCUT2D eigenvalue weighted by Crippen LogP contribution is 2.31. The molecule has 0 aliphatic heterocycles. The number of rotatable bonds is 3. The number of hydrogen-bond acceptors (Lipinski definition) is 2. The molecule has 1 aromatic carbocycles. The van der Waals surface area contributed by atoms with Gasteiger partial charge in [-0.25, -0.2) is 0 Å². The third-order valence-corrected chi connectivity index (χ3v) is 4.30. The molecule has 0 spiro atoms. The molecular formula is C17H22N2. The normalized spacial score (nSPS) is 14.1. The lowest BCUT2D eigenvalue weighted by atomic mass is 9.97. The van der Waals surface area contributed by atoms with Crippen molar-refractivity contribution in [3.8, 4) is 0 Å². The molecule has 0 radical (unpaired) electrons. The van der Waals surface area contributed by atoms with Crippen molar-refractivity contribution in [3.05, 3.63) is 40.1 Å². The number of aryl methyl sites for hydroxylation is 3. The Hall–Kier alpha value is -1.41. The van der Waals surface area contributed by atoms with Gasteiger partial charge in [0.05, 0.1) is 5.52 Å². The van der Waals surface area contributed by atoms with Crippen LogP contribution in [0.1, 0.15) is 41.3 Å². The molecule has 0 saturated heterocycles. The first-order valence-electron chi connectivity index (χ1n) is 7.33. The maximum atomic E-state index is 4.90. The summed E-state index contributed by atoms with van der Waals surface area (Å²) in [6.07, 6.45) is 3.61. The summed E-state index contributed by atoms with van der Waals surface area (Å²) >= 11 is 0. The van der Waals surface area contributed by atoms with Crippen LogP contribution in [0.5, 0.6) is 0 Å². The molecule has 0 fully saturated rings. The third-order valence-electron chi connectivity index (χ3n) is 4.30. The molecule has 1 N–H and O–H groups in total. The molecule has 0 bridgehead atoms. The molecule has 19 heavy (non-hydrogen) atoms. The SMILES string of the molecule is CCNCc1c2c(nc3cc(C)c(C)cc13)CCC2. The van der Waals surface area contributed by atoms with Crippen LogP contribution in [0.15, 0.2) is 12.1 Å². The zero-order valence-electron chi connectivity index (χ0n) is 12.1. The highest BCUT2D eigenvalue weighted by Gasteiger charge is 2.19. The summed E-state index contributed by atoms with van der Waals surface area (Å²) in [5.74, 6) is 0. The number of hydrogen-bond donors (Lipinski definition) is 1. The first-order valence-corrected chi connectivity index (χ1v) is 7.33. The number of pyridine rings is 1. The van der Waals surface area contributed by atoms with Crippen LogP contribution in [0.2, 0.25) is 0 Å². The number of benzene rings is 1. The molecular weight excluding hydrogens is 232 g/mol. The second-order valence-corrected chi connectivity index (χ2v) is 5.60. The van der Waals surface area contributed by atoms with Crippen molar-refractivity contribution in [2.45, 2.75) is 46.6 Å². The fourth-order valence-electron chi connectivity index (χ4n) is 3.07. The van der Waals surface area contributed by atoms with Gasteiger partial charge in [-0.15, -0.1) is 0 Å². The molecule has 2 aromatic rings. The standard InChI is InChI=1S/C17H22N2/c1-4-18-10-15-13-6-5-7-16(13)19-17-9-12(3)11(2)8-14(15)17/h8-9,18H,4-7,10H2,1-3H3. The van der Waals surface area contributed by atoms with Crippen molar-refractivity contribution in [2.75, 3.05) is 6.54 Å². The van der Waals surface area contributed by atoms with Crippen LogP contribution in [0.3, 0.4) is 0 Å². The van der Waals surface area contributed by atoms with E-state index in [-0.39, 0.29) is 0 Å². The monoisotopic (exact) mass is 254 g/mol. The lowest BCUT2D eigenvalue weighted by molar-refractivity contribution is 0.724. The largest absolute Gasteiger partial charge is 0.313 e. The minimum absolute atomic E-state index is 0.973. The zero-order chi connectivity index (χ0) is 13.4. The number of fused-ring (bicyclic) bond motifs is 2. The zero-order valence-corrected chi connectivity index (χ0v) is 12.1. The molecule has 0 atom stereocenters. The van der Waals surface area contributed by atoms with Crippen LogP contribution < -0.4 is 5.32 Å². The Kier molecular flexibility index (Phi) is 3.28. The van der Waals surface area contributed by atoms with Gasteiger partial charge in [-0.05, 0) is 74.0 Å². The molecule has 3 rings (SSSR count). The lowest BCUT2D eigenvalue weighted by Crippen LogP contribution is -2.14. The maximum absolute atomic E-state index is 4.90. The van der Waals surface area contributed by atoms with Crippen molar-refractivity contribution in [1.29, 1.82) is 0 Å². The van der Waals surface area contributed by atoms with Gasteiger partial charge >= 0.3 is 0 Å². The first kappa shape index (κ1) is 12.6. The predicted octanol–water partition coefficient (Wildman–Crippen LogP) is 3.45. The summed E-state index contributed by atoms with van der Waals surface area (Å²) in [7, 11) is 0. The summed E-state index contributed by atoms with van der Waals surface area (Å²) in [4.78, 5) is 4.90. The van der Waals surface area contributed by atoms with Gasteiger partial charge in [0.1, 0.15) is 0 Å². The summed E-state index contributed by atoms with van der Waals surface area (Å²) in [5, 5.41) is 4.84. The molecule has 1 aliphatic carbocycles. The van der Waals surface area contributed by atoms with Crippen molar-refractivity contribution >= 4 is 10.9 Å². The smallest absolute Gasteiger partial charge is 0.0711 e. The second-order valence-electron chi connectivity index (χ2n) is 5.60. The Balaban J connectivity index is 2.25. The Bertz CT molecular complexity index is 629. The highest BCUT2D eigenvalue weighted by molar-refractivity contribution is 5.85. The van der Waals surface area contributed by atoms with Gasteiger partial charge in [0.2, 0.25) is 0 Å². The summed E-state index contributed by atoms with van der Waals surface area (Å²) in [5.41, 5.74) is 8.22. The van der Waals surface area contributed by atoms with Crippen LogP contribution in [-0.2, 0) is 19.4 Å². The van der Waals surface area contributed by atoms with Gasteiger partial charge in [0.15, 0.2) is 0 Å². The van der Waals surface area contributed by atoms with E-state index in [1.807, 2.05) is 0 Å². The van der Waals surface area contributed by atoms with E-state index in [1.54, 1.807) is 0 Å². The number of nitrogens with one attached hydrogen (secondary N) is 1. The van der Waals surface area contributed by atoms with Gasteiger partial charge in [-0.1, -0.05) is 6.92 Å². The number of nitrogens with zero attached hydrogens (tertiary/aromatic N) is 1. The van der Waals surface area contributed by atoms with E-state index >= 15 is 0 Å². The maximum Gasteiger partial charge on any atom is 0.0711 e. The van der Waals surface area contributed by atoms with E-state index in [0.717, 1.165) is 19.5 Å². The third kappa shape index (κ3) is 2.14. The van der Waals surface area contributed by atoms with Crippen LogP contribution >= 0.6 is 0 Å². The fourth-order valence-corrected chi connectivity index (χ4v) is 3.07. The topological polar surface area (TPSA) is 24.9 Å². The summed E-state index contributed by atoms with van der Waals surface area (Å²) < 4.78 is 0. The highest BCUT2D eigenvalue weighted by atomic mass is 14.8. The van der Waals surface area contributed by atoms with E-state index in [2.05, 4.69) is 38.2 Å². The Morgan fingerprint density at radius 1 is 1.16 bits per heavy atom. The van der Waals surface area contributed by atoms with Crippen molar-refractivity contribution in [2.24, 2.45) is 0 Å². The Morgan fingerprint density at radius 2 is 1.95 bits per heavy atom. The van der Waals surface area contributed by atoms with E-state index in [4.69, 9.17) is 4.98 Å². The van der Waals surface area contributed by atoms with Crippen LogP contribution in [-0.4, -0.2) is 11.5 Å². The molecule has 0 unspecified atom stereocenters. The predicted molar refractivity (Wildman–Crippen MR) is 80.6 cm³/mol. The van der Waals surface area contributed by atoms with Gasteiger partial charge in [-0.3, -0.25) is 4.98 Å². The Morgan fingerprint density at radius 3 is 2.74 bits per heavy atom. The molecule has 1 aliphatic rings. The van der Waals surface area contributed by atoms with Gasteiger partial charge in [0, 0.05) is 17.6 Å². The van der Waals surface area contributed by atoms with Gasteiger partial charge < -0.3 is 5.32 Å². The van der Waals surface area contributed by atoms with Crippen LogP contribution in [0, 0.1) is 13.8 Å². The van der Waals surface area contributed by atoms with Crippen molar-refractivity contribution in [3.63, 3.8) is 0 Å². The minimum Gasteiger partial charge on any atom is -0.313 e. The lowest BCUT2D eigenvalue weighted by Gasteiger charge is -2.14. The average molecular weight is 254 g/mol. The van der Waals surface area contributed by atoms with E-state index in [9.17, 15) is 0 Å². The average Bonchev–Trinajstić information content (AvgIpc) is 2.84. The fraction of sp³-hybridized carbons (Fsp3) is 0.471. The molecule has 1 aromatic heterocycles. The van der Waals surface area contributed by atoms with Crippen LogP contribution in [0.25, 0.3) is 10.9 Å². The molecule has 0 saturated carbocycles. The second kappa shape index (κ2) is 4.93. The molecule has 100 valence electrons. The first-order chi connectivity index (χ1) is 9.20. The quantitative estimate of drug-likeness (QED) is 0.907. The van der Waals surface area contributed by atoms with E-state index in [1.165, 1.54) is 51.7 Å². The van der Waals surface area contributed by atoms with Gasteiger partial charge in [0.25, 0.3) is 0 Å². The number of aromatic nitrogens is 1. The van der Waals surface area contributed by atoms with Crippen molar-refractivity contribution < 1.29 is 0 Å². The van der Waals surface area contributed by atoms with E-state index < -0.39 is 0 Å². The molecule has 2 heteroatoms. The minimum atomic E-state index is 0.973. The summed E-state index contributed by atoms with van der Waals surface area (Å²) in [6.45, 7) is 8.52.